The summed E-state index contributed by atoms with van der Waals surface area (Å²) in [4.78, 5) is 19.9. The van der Waals surface area contributed by atoms with E-state index in [1.54, 1.807) is 11.3 Å². The summed E-state index contributed by atoms with van der Waals surface area (Å²) in [6.45, 7) is 5.13. The fourth-order valence-electron chi connectivity index (χ4n) is 4.21. The van der Waals surface area contributed by atoms with Crippen LogP contribution in [0.15, 0.2) is 65.5 Å². The number of aromatic nitrogens is 1. The Morgan fingerprint density at radius 1 is 1.17 bits per heavy atom. The highest BCUT2D eigenvalue weighted by Crippen LogP contribution is 2.36. The first-order valence-electron chi connectivity index (χ1n) is 10.2. The van der Waals surface area contributed by atoms with Crippen molar-refractivity contribution in [1.29, 1.82) is 0 Å². The van der Waals surface area contributed by atoms with Crippen LogP contribution in [0, 0.1) is 5.41 Å². The number of carbonyl (C=O) groups is 1. The first-order valence-corrected chi connectivity index (χ1v) is 11.1. The summed E-state index contributed by atoms with van der Waals surface area (Å²) in [7, 11) is 0. The third-order valence-corrected chi connectivity index (χ3v) is 6.40. The zero-order valence-electron chi connectivity index (χ0n) is 16.8. The SMILES string of the molecule is CCNC(=O)[C@@]1(Cc2ccc(-c3ccsc3)cc2)CCN(Cc2ccccn2)C1. The lowest BCUT2D eigenvalue weighted by molar-refractivity contribution is -0.130. The predicted molar refractivity (Wildman–Crippen MR) is 119 cm³/mol. The van der Waals surface area contributed by atoms with Crippen molar-refractivity contribution in [3.8, 4) is 11.1 Å². The van der Waals surface area contributed by atoms with Crippen LogP contribution in [0.5, 0.6) is 0 Å². The average molecular weight is 406 g/mol. The van der Waals surface area contributed by atoms with Gasteiger partial charge in [-0.2, -0.15) is 11.3 Å². The number of benzene rings is 1. The maximum atomic E-state index is 13.1. The second-order valence-electron chi connectivity index (χ2n) is 7.81. The first kappa shape index (κ1) is 19.8. The second-order valence-corrected chi connectivity index (χ2v) is 8.59. The molecule has 150 valence electrons. The molecule has 4 rings (SSSR count). The van der Waals surface area contributed by atoms with Gasteiger partial charge in [-0.15, -0.1) is 0 Å². The highest BCUT2D eigenvalue weighted by atomic mass is 32.1. The number of thiophene rings is 1. The van der Waals surface area contributed by atoms with Crippen LogP contribution in [0.25, 0.3) is 11.1 Å². The molecule has 1 saturated heterocycles. The van der Waals surface area contributed by atoms with Crippen LogP contribution in [0.3, 0.4) is 0 Å². The minimum Gasteiger partial charge on any atom is -0.356 e. The van der Waals surface area contributed by atoms with Gasteiger partial charge in [-0.3, -0.25) is 14.7 Å². The van der Waals surface area contributed by atoms with E-state index < -0.39 is 0 Å². The van der Waals surface area contributed by atoms with Crippen LogP contribution >= 0.6 is 11.3 Å². The van der Waals surface area contributed by atoms with E-state index in [2.05, 4.69) is 62.4 Å². The van der Waals surface area contributed by atoms with Gasteiger partial charge >= 0.3 is 0 Å². The molecule has 3 heterocycles. The van der Waals surface area contributed by atoms with Gasteiger partial charge in [0, 0.05) is 25.8 Å². The van der Waals surface area contributed by atoms with E-state index in [9.17, 15) is 4.79 Å². The van der Waals surface area contributed by atoms with Gasteiger partial charge in [0.2, 0.25) is 5.91 Å². The first-order chi connectivity index (χ1) is 14.2. The van der Waals surface area contributed by atoms with Gasteiger partial charge in [0.1, 0.15) is 0 Å². The summed E-state index contributed by atoms with van der Waals surface area (Å²) in [6.07, 6.45) is 3.47. The van der Waals surface area contributed by atoms with E-state index in [0.29, 0.717) is 6.54 Å². The van der Waals surface area contributed by atoms with Crippen molar-refractivity contribution in [3.05, 3.63) is 76.7 Å². The van der Waals surface area contributed by atoms with Crippen LogP contribution in [0.4, 0.5) is 0 Å². The van der Waals surface area contributed by atoms with Crippen molar-refractivity contribution in [3.63, 3.8) is 0 Å². The van der Waals surface area contributed by atoms with Crippen LogP contribution in [-0.4, -0.2) is 35.4 Å². The monoisotopic (exact) mass is 405 g/mol. The number of amides is 1. The van der Waals surface area contributed by atoms with Crippen molar-refractivity contribution in [2.24, 2.45) is 5.41 Å². The summed E-state index contributed by atoms with van der Waals surface area (Å²) >= 11 is 1.71. The number of pyridine rings is 1. The molecule has 5 heteroatoms. The fraction of sp³-hybridized carbons (Fsp3) is 0.333. The van der Waals surface area contributed by atoms with E-state index in [1.165, 1.54) is 16.7 Å². The molecule has 0 radical (unpaired) electrons. The largest absolute Gasteiger partial charge is 0.356 e. The number of rotatable bonds is 7. The lowest BCUT2D eigenvalue weighted by Gasteiger charge is -2.28. The predicted octanol–water partition coefficient (Wildman–Crippen LogP) is 4.38. The minimum absolute atomic E-state index is 0.172. The summed E-state index contributed by atoms with van der Waals surface area (Å²) in [5.41, 5.74) is 4.37. The lowest BCUT2D eigenvalue weighted by Crippen LogP contribution is -2.44. The van der Waals surface area contributed by atoms with Crippen molar-refractivity contribution in [1.82, 2.24) is 15.2 Å². The Hall–Kier alpha value is -2.50. The maximum Gasteiger partial charge on any atom is 0.227 e. The molecular weight excluding hydrogens is 378 g/mol. The third-order valence-electron chi connectivity index (χ3n) is 5.71. The molecule has 29 heavy (non-hydrogen) atoms. The minimum atomic E-state index is -0.380. The molecule has 1 fully saturated rings. The zero-order chi connectivity index (χ0) is 20.1. The Kier molecular flexibility index (Phi) is 6.07. The number of likely N-dealkylation sites (tertiary alicyclic amines) is 1. The Morgan fingerprint density at radius 3 is 2.72 bits per heavy atom. The number of hydrogen-bond donors (Lipinski definition) is 1. The van der Waals surface area contributed by atoms with Gasteiger partial charge in [0.15, 0.2) is 0 Å². The highest BCUT2D eigenvalue weighted by Gasteiger charge is 2.44. The molecule has 1 aliphatic heterocycles. The molecule has 0 spiro atoms. The summed E-state index contributed by atoms with van der Waals surface area (Å²) in [6, 6.07) is 16.8. The lowest BCUT2D eigenvalue weighted by atomic mass is 9.79. The second kappa shape index (κ2) is 8.89. The number of carbonyl (C=O) groups excluding carboxylic acids is 1. The normalized spacial score (nSPS) is 19.3. The maximum absolute atomic E-state index is 13.1. The van der Waals surface area contributed by atoms with Gasteiger partial charge in [0.05, 0.1) is 11.1 Å². The number of nitrogens with one attached hydrogen (secondary N) is 1. The topological polar surface area (TPSA) is 45.2 Å². The summed E-state index contributed by atoms with van der Waals surface area (Å²) in [5, 5.41) is 7.35. The number of hydrogen-bond acceptors (Lipinski definition) is 4. The average Bonchev–Trinajstić information content (AvgIpc) is 3.41. The van der Waals surface area contributed by atoms with E-state index >= 15 is 0 Å². The smallest absolute Gasteiger partial charge is 0.227 e. The molecule has 2 aromatic heterocycles. The highest BCUT2D eigenvalue weighted by molar-refractivity contribution is 7.08. The number of nitrogens with zero attached hydrogens (tertiary/aromatic N) is 2. The molecular formula is C24H27N3OS. The van der Waals surface area contributed by atoms with Crippen LogP contribution in [-0.2, 0) is 17.8 Å². The third kappa shape index (κ3) is 4.57. The molecule has 3 aromatic rings. The van der Waals surface area contributed by atoms with Crippen LogP contribution in [0.2, 0.25) is 0 Å². The van der Waals surface area contributed by atoms with Gasteiger partial charge in [-0.05, 0) is 72.0 Å². The standard InChI is InChI=1S/C24H27N3OS/c1-2-25-23(28)24(11-13-27(18-24)16-22-5-3-4-12-26-22)15-19-6-8-20(9-7-19)21-10-14-29-17-21/h3-10,12,14,17H,2,11,13,15-16,18H2,1H3,(H,25,28)/t24-/m1/s1. The Bertz CT molecular complexity index is 925. The molecule has 1 aliphatic rings. The van der Waals surface area contributed by atoms with E-state index in [0.717, 1.165) is 38.2 Å². The summed E-state index contributed by atoms with van der Waals surface area (Å²) < 4.78 is 0. The molecule has 1 amide bonds. The quantitative estimate of drug-likeness (QED) is 0.634. The van der Waals surface area contributed by atoms with Gasteiger partial charge < -0.3 is 5.32 Å². The van der Waals surface area contributed by atoms with Crippen molar-refractivity contribution < 1.29 is 4.79 Å². The summed E-state index contributed by atoms with van der Waals surface area (Å²) in [5.74, 6) is 0.172. The van der Waals surface area contributed by atoms with Gasteiger partial charge in [0.25, 0.3) is 0 Å². The van der Waals surface area contributed by atoms with Crippen molar-refractivity contribution >= 4 is 17.2 Å². The van der Waals surface area contributed by atoms with Crippen LogP contribution in [0.1, 0.15) is 24.6 Å². The van der Waals surface area contributed by atoms with E-state index in [-0.39, 0.29) is 11.3 Å². The van der Waals surface area contributed by atoms with Crippen LogP contribution < -0.4 is 5.32 Å². The molecule has 1 N–H and O–H groups in total. The van der Waals surface area contributed by atoms with Gasteiger partial charge in [-0.25, -0.2) is 0 Å². The zero-order valence-corrected chi connectivity index (χ0v) is 17.6. The van der Waals surface area contributed by atoms with E-state index in [1.807, 2.05) is 25.3 Å². The molecule has 0 unspecified atom stereocenters. The van der Waals surface area contributed by atoms with E-state index in [4.69, 9.17) is 0 Å². The molecule has 1 aromatic carbocycles. The Labute approximate surface area is 176 Å². The molecule has 0 saturated carbocycles. The molecule has 0 bridgehead atoms. The molecule has 1 atom stereocenters. The Morgan fingerprint density at radius 2 is 2.03 bits per heavy atom. The molecule has 0 aliphatic carbocycles. The Balaban J connectivity index is 1.50. The van der Waals surface area contributed by atoms with Gasteiger partial charge in [-0.1, -0.05) is 30.3 Å². The molecule has 4 nitrogen and oxygen atoms in total. The van der Waals surface area contributed by atoms with Crippen molar-refractivity contribution in [2.75, 3.05) is 19.6 Å². The van der Waals surface area contributed by atoms with Crippen molar-refractivity contribution in [2.45, 2.75) is 26.3 Å². The fourth-order valence-corrected chi connectivity index (χ4v) is 4.87.